The van der Waals surface area contributed by atoms with Gasteiger partial charge in [-0.3, -0.25) is 9.25 Å². The molecule has 6 heteroatoms. The summed E-state index contributed by atoms with van der Waals surface area (Å²) in [4.78, 5) is 4.46. The number of nitrogens with two attached hydrogens (primary N) is 1. The number of hydrogen-bond acceptors (Lipinski definition) is 4. The average Bonchev–Trinajstić information content (AvgIpc) is 2.84. The first-order valence-corrected chi connectivity index (χ1v) is 6.32. The fraction of sp³-hybridized carbons (Fsp3) is 0.667. The molecule has 0 spiro atoms. The molecule has 2 heterocycles. The molecule has 2 aromatic heterocycles. The van der Waals surface area contributed by atoms with Gasteiger partial charge >= 0.3 is 0 Å². The van der Waals surface area contributed by atoms with Crippen molar-refractivity contribution in [3.63, 3.8) is 0 Å². The summed E-state index contributed by atoms with van der Waals surface area (Å²) in [6, 6.07) is 0.195. The molecule has 1 unspecified atom stereocenters. The largest absolute Gasteiger partial charge is 0.383 e. The average molecular weight is 251 g/mol. The maximum absolute atomic E-state index is 6.05. The first kappa shape index (κ1) is 12.9. The number of fused-ring (bicyclic) bond motifs is 1. The van der Waals surface area contributed by atoms with Crippen LogP contribution in [0.1, 0.15) is 32.0 Å². The highest BCUT2D eigenvalue weighted by atomic mass is 16.5. The third-order valence-electron chi connectivity index (χ3n) is 3.29. The van der Waals surface area contributed by atoms with Gasteiger partial charge in [-0.2, -0.15) is 5.10 Å². The second-order valence-corrected chi connectivity index (χ2v) is 4.45. The molecule has 0 radical (unpaired) electrons. The van der Waals surface area contributed by atoms with Gasteiger partial charge in [-0.05, 0) is 12.8 Å². The second-order valence-electron chi connectivity index (χ2n) is 4.45. The lowest BCUT2D eigenvalue weighted by atomic mass is 10.2. The highest BCUT2D eigenvalue weighted by molar-refractivity contribution is 5.78. The molecule has 100 valence electrons. The molecule has 0 saturated heterocycles. The van der Waals surface area contributed by atoms with E-state index >= 15 is 0 Å². The monoisotopic (exact) mass is 251 g/mol. The number of aromatic nitrogens is 4. The topological polar surface area (TPSA) is 70.9 Å². The van der Waals surface area contributed by atoms with Gasteiger partial charge in [0.1, 0.15) is 5.52 Å². The third-order valence-corrected chi connectivity index (χ3v) is 3.29. The molecular formula is C12H21N5O. The number of nitrogen functional groups attached to an aromatic ring is 1. The van der Waals surface area contributed by atoms with E-state index in [1.54, 1.807) is 7.11 Å². The fourth-order valence-electron chi connectivity index (χ4n) is 2.39. The van der Waals surface area contributed by atoms with E-state index < -0.39 is 0 Å². The van der Waals surface area contributed by atoms with Gasteiger partial charge in [-0.25, -0.2) is 4.98 Å². The predicted octanol–water partition coefficient (Wildman–Crippen LogP) is 1.51. The van der Waals surface area contributed by atoms with Crippen molar-refractivity contribution in [1.29, 1.82) is 0 Å². The summed E-state index contributed by atoms with van der Waals surface area (Å²) in [6.45, 7) is 4.81. The quantitative estimate of drug-likeness (QED) is 0.874. The number of nitrogens with zero attached hydrogens (tertiary/aromatic N) is 4. The summed E-state index contributed by atoms with van der Waals surface area (Å²) in [7, 11) is 3.63. The van der Waals surface area contributed by atoms with Crippen LogP contribution >= 0.6 is 0 Å². The molecule has 0 aliphatic rings. The fourth-order valence-corrected chi connectivity index (χ4v) is 2.39. The molecular weight excluding hydrogens is 230 g/mol. The Kier molecular flexibility index (Phi) is 3.56. The maximum atomic E-state index is 6.05. The Labute approximate surface area is 107 Å². The molecule has 0 amide bonds. The Morgan fingerprint density at radius 3 is 2.67 bits per heavy atom. The molecule has 2 aromatic rings. The van der Waals surface area contributed by atoms with Crippen LogP contribution < -0.4 is 5.73 Å². The molecule has 2 rings (SSSR count). The van der Waals surface area contributed by atoms with Gasteiger partial charge in [-0.1, -0.05) is 13.8 Å². The Bertz CT molecular complexity index is 542. The molecule has 0 aromatic carbocycles. The van der Waals surface area contributed by atoms with E-state index in [0.29, 0.717) is 12.6 Å². The Morgan fingerprint density at radius 2 is 2.11 bits per heavy atom. The number of anilines is 1. The second kappa shape index (κ2) is 4.97. The van der Waals surface area contributed by atoms with Crippen molar-refractivity contribution in [3.8, 4) is 0 Å². The summed E-state index contributed by atoms with van der Waals surface area (Å²) in [5, 5.41) is 4.48. The molecule has 18 heavy (non-hydrogen) atoms. The van der Waals surface area contributed by atoms with Crippen LogP contribution in [0.3, 0.4) is 0 Å². The van der Waals surface area contributed by atoms with E-state index in [0.717, 1.165) is 29.7 Å². The number of aryl methyl sites for hydroxylation is 2. The molecule has 6 nitrogen and oxygen atoms in total. The maximum Gasteiger partial charge on any atom is 0.202 e. The number of imidazole rings is 1. The van der Waals surface area contributed by atoms with Crippen molar-refractivity contribution in [2.75, 3.05) is 19.5 Å². The van der Waals surface area contributed by atoms with E-state index in [1.807, 2.05) is 16.3 Å². The minimum atomic E-state index is 0.195. The van der Waals surface area contributed by atoms with Crippen molar-refractivity contribution in [3.05, 3.63) is 5.69 Å². The number of hydrogen-bond donors (Lipinski definition) is 1. The zero-order valence-corrected chi connectivity index (χ0v) is 11.5. The van der Waals surface area contributed by atoms with Crippen molar-refractivity contribution < 1.29 is 4.74 Å². The van der Waals surface area contributed by atoms with Crippen LogP contribution in [-0.4, -0.2) is 33.0 Å². The lowest BCUT2D eigenvalue weighted by Crippen LogP contribution is -2.17. The van der Waals surface area contributed by atoms with E-state index in [-0.39, 0.29) is 6.04 Å². The normalized spacial score (nSPS) is 13.3. The molecule has 0 saturated carbocycles. The van der Waals surface area contributed by atoms with Gasteiger partial charge in [0.15, 0.2) is 5.65 Å². The zero-order chi connectivity index (χ0) is 13.3. The first-order chi connectivity index (χ1) is 8.63. The van der Waals surface area contributed by atoms with Gasteiger partial charge < -0.3 is 10.5 Å². The van der Waals surface area contributed by atoms with Gasteiger partial charge in [0.2, 0.25) is 5.95 Å². The zero-order valence-electron chi connectivity index (χ0n) is 11.5. The van der Waals surface area contributed by atoms with Crippen LogP contribution in [-0.2, 0) is 18.2 Å². The molecule has 2 N–H and O–H groups in total. The van der Waals surface area contributed by atoms with Crippen molar-refractivity contribution in [2.24, 2.45) is 7.05 Å². The molecule has 0 aliphatic carbocycles. The summed E-state index contributed by atoms with van der Waals surface area (Å²) < 4.78 is 9.15. The van der Waals surface area contributed by atoms with Crippen LogP contribution in [0.4, 0.5) is 5.95 Å². The Balaban J connectivity index is 2.62. The standard InChI is InChI=1S/C12H21N5O/c1-5-8(7-18-4)17-11-10(14-12(17)13)9(6-2)15-16(11)3/h8H,5-7H2,1-4H3,(H2,13,14). The van der Waals surface area contributed by atoms with Gasteiger partial charge in [0, 0.05) is 14.2 Å². The minimum absolute atomic E-state index is 0.195. The summed E-state index contributed by atoms with van der Waals surface area (Å²) in [6.07, 6.45) is 1.80. The Hall–Kier alpha value is -1.56. The molecule has 0 fully saturated rings. The van der Waals surface area contributed by atoms with E-state index in [2.05, 4.69) is 23.9 Å². The minimum Gasteiger partial charge on any atom is -0.383 e. The summed E-state index contributed by atoms with van der Waals surface area (Å²) in [5.74, 6) is 0.539. The van der Waals surface area contributed by atoms with Crippen LogP contribution in [0.15, 0.2) is 0 Å². The summed E-state index contributed by atoms with van der Waals surface area (Å²) in [5.41, 5.74) is 8.93. The number of methoxy groups -OCH3 is 1. The lowest BCUT2D eigenvalue weighted by Gasteiger charge is -2.17. The van der Waals surface area contributed by atoms with E-state index in [4.69, 9.17) is 10.5 Å². The van der Waals surface area contributed by atoms with Crippen molar-refractivity contribution in [1.82, 2.24) is 19.3 Å². The Morgan fingerprint density at radius 1 is 1.39 bits per heavy atom. The smallest absolute Gasteiger partial charge is 0.202 e. The third kappa shape index (κ3) is 1.86. The first-order valence-electron chi connectivity index (χ1n) is 6.32. The van der Waals surface area contributed by atoms with E-state index in [9.17, 15) is 0 Å². The van der Waals surface area contributed by atoms with Gasteiger partial charge in [0.05, 0.1) is 18.3 Å². The van der Waals surface area contributed by atoms with Crippen molar-refractivity contribution >= 4 is 17.1 Å². The van der Waals surface area contributed by atoms with Crippen LogP contribution in [0.2, 0.25) is 0 Å². The highest BCUT2D eigenvalue weighted by Crippen LogP contribution is 2.26. The lowest BCUT2D eigenvalue weighted by molar-refractivity contribution is 0.155. The van der Waals surface area contributed by atoms with Gasteiger partial charge in [-0.15, -0.1) is 0 Å². The molecule has 0 bridgehead atoms. The predicted molar refractivity (Wildman–Crippen MR) is 71.5 cm³/mol. The van der Waals surface area contributed by atoms with Gasteiger partial charge in [0.25, 0.3) is 0 Å². The summed E-state index contributed by atoms with van der Waals surface area (Å²) >= 11 is 0. The highest BCUT2D eigenvalue weighted by Gasteiger charge is 2.21. The number of ether oxygens (including phenoxy) is 1. The van der Waals surface area contributed by atoms with Crippen molar-refractivity contribution in [2.45, 2.75) is 32.7 Å². The van der Waals surface area contributed by atoms with Crippen LogP contribution in [0.25, 0.3) is 11.2 Å². The molecule has 0 aliphatic heterocycles. The van der Waals surface area contributed by atoms with Crippen LogP contribution in [0.5, 0.6) is 0 Å². The number of rotatable bonds is 5. The molecule has 1 atom stereocenters. The van der Waals surface area contributed by atoms with Crippen LogP contribution in [0, 0.1) is 0 Å². The van der Waals surface area contributed by atoms with E-state index in [1.165, 1.54) is 0 Å². The SMILES string of the molecule is CCc1nn(C)c2c1nc(N)n2C(CC)COC.